The quantitative estimate of drug-likeness (QED) is 0.198. The summed E-state index contributed by atoms with van der Waals surface area (Å²) >= 11 is 0. The predicted molar refractivity (Wildman–Crippen MR) is 191 cm³/mol. The molecule has 1 aromatic heterocycles. The van der Waals surface area contributed by atoms with Crippen LogP contribution in [-0.2, 0) is 5.41 Å². The molecule has 11 rings (SSSR count). The van der Waals surface area contributed by atoms with Gasteiger partial charge in [0.2, 0.25) is 0 Å². The number of benzene rings is 7. The van der Waals surface area contributed by atoms with Crippen molar-refractivity contribution in [2.24, 2.45) is 0 Å². The van der Waals surface area contributed by atoms with E-state index in [1.54, 1.807) is 0 Å². The molecule has 2 heterocycles. The minimum absolute atomic E-state index is 0.393. The molecular formula is C44H27N3. The Labute approximate surface area is 272 Å². The molecule has 0 bridgehead atoms. The van der Waals surface area contributed by atoms with Gasteiger partial charge in [-0.3, -0.25) is 4.57 Å². The molecule has 2 aliphatic carbocycles. The summed E-state index contributed by atoms with van der Waals surface area (Å²) in [5.41, 5.74) is 18.0. The van der Waals surface area contributed by atoms with Crippen molar-refractivity contribution >= 4 is 28.1 Å². The van der Waals surface area contributed by atoms with Crippen LogP contribution < -0.4 is 4.90 Å². The second-order valence-electron chi connectivity index (χ2n) is 12.7. The minimum atomic E-state index is -0.393. The van der Waals surface area contributed by atoms with E-state index >= 15 is 0 Å². The van der Waals surface area contributed by atoms with E-state index in [-0.39, 0.29) is 0 Å². The van der Waals surface area contributed by atoms with E-state index in [1.165, 1.54) is 44.5 Å². The average Bonchev–Trinajstić information content (AvgIpc) is 3.77. The lowest BCUT2D eigenvalue weighted by atomic mass is 9.70. The first-order chi connectivity index (χ1) is 23.3. The van der Waals surface area contributed by atoms with Crippen LogP contribution in [0.15, 0.2) is 164 Å². The maximum atomic E-state index is 5.40. The lowest BCUT2D eigenvalue weighted by Crippen LogP contribution is -2.25. The molecule has 218 valence electrons. The molecule has 47 heavy (non-hydrogen) atoms. The SMILES string of the molecule is c1ccc(N2c3ccccc3-n3c(-c4ccc5c(c4)C4(c6ccccc6-c6ccccc64)c4ccccc4-5)nc4cccc2c43)cc1. The van der Waals surface area contributed by atoms with Gasteiger partial charge in [-0.25, -0.2) is 4.98 Å². The highest BCUT2D eigenvalue weighted by Crippen LogP contribution is 2.63. The van der Waals surface area contributed by atoms with Crippen LogP contribution in [0.3, 0.4) is 0 Å². The average molecular weight is 598 g/mol. The maximum Gasteiger partial charge on any atom is 0.145 e. The maximum absolute atomic E-state index is 5.40. The summed E-state index contributed by atoms with van der Waals surface area (Å²) in [6.07, 6.45) is 0. The molecule has 0 fully saturated rings. The van der Waals surface area contributed by atoms with E-state index < -0.39 is 5.41 Å². The molecular weight excluding hydrogens is 571 g/mol. The molecule has 0 N–H and O–H groups in total. The van der Waals surface area contributed by atoms with Gasteiger partial charge in [0, 0.05) is 11.3 Å². The van der Waals surface area contributed by atoms with Crippen molar-refractivity contribution in [3.63, 3.8) is 0 Å². The molecule has 3 heteroatoms. The Balaban J connectivity index is 1.22. The largest absolute Gasteiger partial charge is 0.306 e. The van der Waals surface area contributed by atoms with Gasteiger partial charge in [-0.1, -0.05) is 121 Å². The van der Waals surface area contributed by atoms with Crippen molar-refractivity contribution in [3.8, 4) is 39.3 Å². The molecule has 1 spiro atoms. The molecule has 0 saturated heterocycles. The van der Waals surface area contributed by atoms with Gasteiger partial charge in [0.15, 0.2) is 0 Å². The first-order valence-corrected chi connectivity index (χ1v) is 16.2. The monoisotopic (exact) mass is 597 g/mol. The van der Waals surface area contributed by atoms with Crippen LogP contribution in [-0.4, -0.2) is 9.55 Å². The molecule has 0 radical (unpaired) electrons. The molecule has 0 unspecified atom stereocenters. The van der Waals surface area contributed by atoms with Gasteiger partial charge in [0.1, 0.15) is 5.82 Å². The van der Waals surface area contributed by atoms with Crippen molar-refractivity contribution in [2.75, 3.05) is 4.90 Å². The number of imidazole rings is 1. The molecule has 3 nitrogen and oxygen atoms in total. The normalized spacial score (nSPS) is 14.1. The van der Waals surface area contributed by atoms with Gasteiger partial charge in [-0.15, -0.1) is 0 Å². The van der Waals surface area contributed by atoms with Crippen molar-refractivity contribution < 1.29 is 0 Å². The van der Waals surface area contributed by atoms with Crippen LogP contribution in [0.2, 0.25) is 0 Å². The van der Waals surface area contributed by atoms with Crippen LogP contribution in [0.1, 0.15) is 22.3 Å². The topological polar surface area (TPSA) is 21.1 Å². The molecule has 1 aliphatic heterocycles. The van der Waals surface area contributed by atoms with Crippen LogP contribution in [0.4, 0.5) is 17.1 Å². The second kappa shape index (κ2) is 8.96. The molecule has 0 saturated carbocycles. The van der Waals surface area contributed by atoms with E-state index in [2.05, 4.69) is 173 Å². The zero-order valence-electron chi connectivity index (χ0n) is 25.4. The number of anilines is 3. The highest BCUT2D eigenvalue weighted by atomic mass is 15.2. The Morgan fingerprint density at radius 2 is 0.979 bits per heavy atom. The highest BCUT2D eigenvalue weighted by molar-refractivity contribution is 6.03. The van der Waals surface area contributed by atoms with E-state index in [9.17, 15) is 0 Å². The molecule has 0 atom stereocenters. The third kappa shape index (κ3) is 3.04. The number of rotatable bonds is 2. The first-order valence-electron chi connectivity index (χ1n) is 16.2. The number of fused-ring (bicyclic) bond motifs is 12. The Morgan fingerprint density at radius 1 is 0.426 bits per heavy atom. The Kier molecular flexibility index (Phi) is 4.78. The van der Waals surface area contributed by atoms with Crippen molar-refractivity contribution in [1.82, 2.24) is 9.55 Å². The molecule has 8 aromatic rings. The minimum Gasteiger partial charge on any atom is -0.306 e. The summed E-state index contributed by atoms with van der Waals surface area (Å²) in [5, 5.41) is 0. The second-order valence-corrected chi connectivity index (χ2v) is 12.7. The summed E-state index contributed by atoms with van der Waals surface area (Å²) in [5.74, 6) is 0.959. The Hall–Kier alpha value is -6.19. The third-order valence-corrected chi connectivity index (χ3v) is 10.5. The van der Waals surface area contributed by atoms with Gasteiger partial charge >= 0.3 is 0 Å². The van der Waals surface area contributed by atoms with Gasteiger partial charge in [-0.2, -0.15) is 0 Å². The highest BCUT2D eigenvalue weighted by Gasteiger charge is 2.51. The van der Waals surface area contributed by atoms with Crippen LogP contribution in [0, 0.1) is 0 Å². The van der Waals surface area contributed by atoms with Crippen molar-refractivity contribution in [3.05, 3.63) is 186 Å². The third-order valence-electron chi connectivity index (χ3n) is 10.5. The molecule has 3 aliphatic rings. The Bertz CT molecular complexity index is 2530. The lowest BCUT2D eigenvalue weighted by molar-refractivity contribution is 0.794. The van der Waals surface area contributed by atoms with Gasteiger partial charge in [0.05, 0.1) is 33.5 Å². The molecule has 0 amide bonds. The van der Waals surface area contributed by atoms with Gasteiger partial charge in [-0.05, 0) is 87.0 Å². The summed E-state index contributed by atoms with van der Waals surface area (Å²) in [6, 6.07) is 59.8. The van der Waals surface area contributed by atoms with Crippen LogP contribution >= 0.6 is 0 Å². The van der Waals surface area contributed by atoms with E-state index in [0.29, 0.717) is 0 Å². The van der Waals surface area contributed by atoms with Crippen LogP contribution in [0.5, 0.6) is 0 Å². The fourth-order valence-corrected chi connectivity index (χ4v) is 8.78. The van der Waals surface area contributed by atoms with Gasteiger partial charge in [0.25, 0.3) is 0 Å². The van der Waals surface area contributed by atoms with Crippen LogP contribution in [0.25, 0.3) is 50.4 Å². The number of hydrogen-bond acceptors (Lipinski definition) is 2. The number of aromatic nitrogens is 2. The molecule has 7 aromatic carbocycles. The fourth-order valence-electron chi connectivity index (χ4n) is 8.78. The summed E-state index contributed by atoms with van der Waals surface area (Å²) < 4.78 is 2.38. The lowest BCUT2D eigenvalue weighted by Gasteiger charge is -2.33. The van der Waals surface area contributed by atoms with E-state index in [1.807, 2.05) is 0 Å². The smallest absolute Gasteiger partial charge is 0.145 e. The first kappa shape index (κ1) is 25.1. The summed E-state index contributed by atoms with van der Waals surface area (Å²) in [4.78, 5) is 7.76. The summed E-state index contributed by atoms with van der Waals surface area (Å²) in [6.45, 7) is 0. The standard InChI is InChI=1S/C44H27N3/c1-2-13-29(14-3-1)46-39-22-10-11-23-40(39)47-42-38(21-12-24-41(42)46)45-43(47)28-25-26-33-32-17-6-9-20-36(32)44(37(33)27-28)34-18-7-4-15-30(34)31-16-5-8-19-35(31)44/h1-27H. The number of para-hydroxylation sites is 4. The van der Waals surface area contributed by atoms with E-state index in [0.717, 1.165) is 45.2 Å². The van der Waals surface area contributed by atoms with Crippen molar-refractivity contribution in [1.29, 1.82) is 0 Å². The zero-order valence-corrected chi connectivity index (χ0v) is 25.4. The fraction of sp³-hybridized carbons (Fsp3) is 0.0227. The Morgan fingerprint density at radius 3 is 1.66 bits per heavy atom. The number of hydrogen-bond donors (Lipinski definition) is 0. The summed E-state index contributed by atoms with van der Waals surface area (Å²) in [7, 11) is 0. The number of nitrogens with zero attached hydrogens (tertiary/aromatic N) is 3. The zero-order chi connectivity index (χ0) is 30.7. The predicted octanol–water partition coefficient (Wildman–Crippen LogP) is 10.8. The van der Waals surface area contributed by atoms with Crippen molar-refractivity contribution in [2.45, 2.75) is 5.41 Å². The van der Waals surface area contributed by atoms with Gasteiger partial charge < -0.3 is 4.90 Å². The van der Waals surface area contributed by atoms with E-state index in [4.69, 9.17) is 4.98 Å².